The lowest BCUT2D eigenvalue weighted by atomic mass is 9.71. The molecule has 1 aromatic carbocycles. The molecule has 3 N–H and O–H groups in total. The van der Waals surface area contributed by atoms with Gasteiger partial charge in [-0.2, -0.15) is 0 Å². The minimum absolute atomic E-state index is 0.0127. The summed E-state index contributed by atoms with van der Waals surface area (Å²) in [6.07, 6.45) is 14.1. The standard InChI is InChI=1S/C27H45N3O2/c1-3-4-5-6-7-8-9-11-22(2)25(31)32-26-27(16-10-19-29-26)17-20-30(21-18-27)24-14-12-23(28)13-15-24/h12-15,22,26,29H,3-11,16-21,28H2,1-2H3. The smallest absolute Gasteiger partial charge is 0.310 e. The largest absolute Gasteiger partial charge is 0.446 e. The van der Waals surface area contributed by atoms with Crippen LogP contribution in [0.5, 0.6) is 0 Å². The molecule has 2 aliphatic heterocycles. The maximum absolute atomic E-state index is 12.9. The van der Waals surface area contributed by atoms with E-state index in [1.54, 1.807) is 0 Å². The predicted molar refractivity (Wildman–Crippen MR) is 134 cm³/mol. The Bertz CT molecular complexity index is 683. The van der Waals surface area contributed by atoms with E-state index >= 15 is 0 Å². The molecular weight excluding hydrogens is 398 g/mol. The number of ether oxygens (including phenoxy) is 1. The molecule has 3 rings (SSSR count). The number of carbonyl (C=O) groups is 1. The first-order valence-corrected chi connectivity index (χ1v) is 13.1. The first-order valence-electron chi connectivity index (χ1n) is 13.1. The maximum atomic E-state index is 12.9. The summed E-state index contributed by atoms with van der Waals surface area (Å²) in [6, 6.07) is 8.16. The second kappa shape index (κ2) is 12.5. The lowest BCUT2D eigenvalue weighted by molar-refractivity contribution is -0.169. The molecule has 5 nitrogen and oxygen atoms in total. The van der Waals surface area contributed by atoms with Crippen molar-refractivity contribution in [2.24, 2.45) is 11.3 Å². The number of nitrogens with one attached hydrogen (secondary N) is 1. The highest BCUT2D eigenvalue weighted by Gasteiger charge is 2.45. The number of benzene rings is 1. The van der Waals surface area contributed by atoms with E-state index in [2.05, 4.69) is 29.3 Å². The number of nitrogens with two attached hydrogens (primary N) is 1. The number of piperidine rings is 2. The highest BCUT2D eigenvalue weighted by Crippen LogP contribution is 2.43. The summed E-state index contributed by atoms with van der Waals surface area (Å²) >= 11 is 0. The van der Waals surface area contributed by atoms with Crippen LogP contribution in [0.1, 0.15) is 90.9 Å². The summed E-state index contributed by atoms with van der Waals surface area (Å²) in [7, 11) is 0. The van der Waals surface area contributed by atoms with Crippen LogP contribution in [0.15, 0.2) is 24.3 Å². The van der Waals surface area contributed by atoms with E-state index in [0.717, 1.165) is 63.8 Å². The Morgan fingerprint density at radius 3 is 2.44 bits per heavy atom. The molecule has 5 heteroatoms. The fourth-order valence-corrected chi connectivity index (χ4v) is 5.35. The Labute approximate surface area is 195 Å². The van der Waals surface area contributed by atoms with Gasteiger partial charge in [-0.1, -0.05) is 58.8 Å². The average molecular weight is 444 g/mol. The number of rotatable bonds is 11. The third-order valence-corrected chi connectivity index (χ3v) is 7.63. The number of nitrogen functional groups attached to an aromatic ring is 1. The second-order valence-electron chi connectivity index (χ2n) is 10.1. The van der Waals surface area contributed by atoms with Crippen LogP contribution in [0.2, 0.25) is 0 Å². The minimum atomic E-state index is -0.145. The number of nitrogens with zero attached hydrogens (tertiary/aromatic N) is 1. The normalized spacial score (nSPS) is 21.4. The molecule has 2 aliphatic rings. The Morgan fingerprint density at radius 1 is 1.09 bits per heavy atom. The zero-order chi connectivity index (χ0) is 22.8. The molecule has 2 saturated heterocycles. The molecule has 1 spiro atoms. The van der Waals surface area contributed by atoms with Gasteiger partial charge >= 0.3 is 5.97 Å². The minimum Gasteiger partial charge on any atom is -0.446 e. The van der Waals surface area contributed by atoms with Gasteiger partial charge in [0.25, 0.3) is 0 Å². The van der Waals surface area contributed by atoms with Gasteiger partial charge < -0.3 is 15.4 Å². The summed E-state index contributed by atoms with van der Waals surface area (Å²) in [5.74, 6) is -0.0305. The van der Waals surface area contributed by atoms with Gasteiger partial charge in [0.2, 0.25) is 0 Å². The van der Waals surface area contributed by atoms with Crippen molar-refractivity contribution in [1.82, 2.24) is 5.32 Å². The van der Waals surface area contributed by atoms with Crippen LogP contribution in [0.3, 0.4) is 0 Å². The maximum Gasteiger partial charge on any atom is 0.310 e. The number of esters is 1. The molecule has 180 valence electrons. The molecule has 1 aromatic rings. The van der Waals surface area contributed by atoms with Crippen molar-refractivity contribution in [2.45, 2.75) is 97.1 Å². The van der Waals surface area contributed by atoms with Gasteiger partial charge in [0, 0.05) is 29.9 Å². The van der Waals surface area contributed by atoms with Gasteiger partial charge in [-0.05, 0) is 62.9 Å². The Kier molecular flexibility index (Phi) is 9.70. The van der Waals surface area contributed by atoms with E-state index in [0.29, 0.717) is 0 Å². The first kappa shape index (κ1) is 24.9. The van der Waals surface area contributed by atoms with E-state index in [1.165, 1.54) is 44.2 Å². The third-order valence-electron chi connectivity index (χ3n) is 7.63. The zero-order valence-electron chi connectivity index (χ0n) is 20.4. The number of hydrogen-bond acceptors (Lipinski definition) is 5. The third kappa shape index (κ3) is 6.87. The molecule has 0 aromatic heterocycles. The number of carbonyl (C=O) groups excluding carboxylic acids is 1. The van der Waals surface area contributed by atoms with Gasteiger partial charge in [0.05, 0.1) is 5.92 Å². The monoisotopic (exact) mass is 443 g/mol. The summed E-state index contributed by atoms with van der Waals surface area (Å²) in [4.78, 5) is 15.3. The lowest BCUT2D eigenvalue weighted by Crippen LogP contribution is -2.56. The highest BCUT2D eigenvalue weighted by molar-refractivity contribution is 5.72. The predicted octanol–water partition coefficient (Wildman–Crippen LogP) is 5.88. The second-order valence-corrected chi connectivity index (χ2v) is 10.1. The highest BCUT2D eigenvalue weighted by atomic mass is 16.6. The van der Waals surface area contributed by atoms with Crippen LogP contribution < -0.4 is 16.0 Å². The molecule has 32 heavy (non-hydrogen) atoms. The average Bonchev–Trinajstić information content (AvgIpc) is 2.81. The fourth-order valence-electron chi connectivity index (χ4n) is 5.35. The molecule has 2 fully saturated rings. The van der Waals surface area contributed by atoms with Crippen molar-refractivity contribution in [3.8, 4) is 0 Å². The van der Waals surface area contributed by atoms with Crippen molar-refractivity contribution < 1.29 is 9.53 Å². The van der Waals surface area contributed by atoms with Crippen LogP contribution in [-0.2, 0) is 9.53 Å². The fraction of sp³-hybridized carbons (Fsp3) is 0.741. The molecule has 0 aliphatic carbocycles. The molecule has 2 atom stereocenters. The Hall–Kier alpha value is -1.75. The van der Waals surface area contributed by atoms with E-state index in [4.69, 9.17) is 10.5 Å². The summed E-state index contributed by atoms with van der Waals surface area (Å²) < 4.78 is 6.13. The van der Waals surface area contributed by atoms with Crippen molar-refractivity contribution in [3.63, 3.8) is 0 Å². The molecule has 0 bridgehead atoms. The zero-order valence-corrected chi connectivity index (χ0v) is 20.4. The summed E-state index contributed by atoms with van der Waals surface area (Å²) in [5, 5.41) is 3.55. The Balaban J connectivity index is 1.45. The molecule has 0 amide bonds. The van der Waals surface area contributed by atoms with Crippen molar-refractivity contribution in [1.29, 1.82) is 0 Å². The molecule has 0 saturated carbocycles. The lowest BCUT2D eigenvalue weighted by Gasteiger charge is -2.49. The molecule has 2 heterocycles. The SMILES string of the molecule is CCCCCCCCCC(C)C(=O)OC1NCCCC12CCN(c1ccc(N)cc1)CC2. The summed E-state index contributed by atoms with van der Waals surface area (Å²) in [6.45, 7) is 7.22. The summed E-state index contributed by atoms with van der Waals surface area (Å²) in [5.41, 5.74) is 7.94. The van der Waals surface area contributed by atoms with Gasteiger partial charge in [0.1, 0.15) is 0 Å². The van der Waals surface area contributed by atoms with Crippen LogP contribution in [0.25, 0.3) is 0 Å². The van der Waals surface area contributed by atoms with Crippen LogP contribution in [0.4, 0.5) is 11.4 Å². The van der Waals surface area contributed by atoms with Crippen molar-refractivity contribution >= 4 is 17.3 Å². The number of unbranched alkanes of at least 4 members (excludes halogenated alkanes) is 6. The molecular formula is C27H45N3O2. The molecule has 2 unspecified atom stereocenters. The van der Waals surface area contributed by atoms with E-state index in [-0.39, 0.29) is 23.5 Å². The van der Waals surface area contributed by atoms with E-state index in [1.807, 2.05) is 19.1 Å². The van der Waals surface area contributed by atoms with Gasteiger partial charge in [0.15, 0.2) is 6.23 Å². The van der Waals surface area contributed by atoms with Crippen LogP contribution >= 0.6 is 0 Å². The van der Waals surface area contributed by atoms with Gasteiger partial charge in [-0.3, -0.25) is 10.1 Å². The molecule has 0 radical (unpaired) electrons. The van der Waals surface area contributed by atoms with Crippen LogP contribution in [-0.4, -0.2) is 31.8 Å². The number of anilines is 2. The van der Waals surface area contributed by atoms with E-state index < -0.39 is 0 Å². The van der Waals surface area contributed by atoms with Crippen molar-refractivity contribution in [2.75, 3.05) is 30.3 Å². The quantitative estimate of drug-likeness (QED) is 0.254. The van der Waals surface area contributed by atoms with E-state index in [9.17, 15) is 4.79 Å². The number of hydrogen-bond donors (Lipinski definition) is 2. The topological polar surface area (TPSA) is 67.6 Å². The Morgan fingerprint density at radius 2 is 1.75 bits per heavy atom. The first-order chi connectivity index (χ1) is 15.5. The van der Waals surface area contributed by atoms with Crippen LogP contribution in [0, 0.1) is 11.3 Å². The van der Waals surface area contributed by atoms with Crippen molar-refractivity contribution in [3.05, 3.63) is 24.3 Å². The van der Waals surface area contributed by atoms with Gasteiger partial charge in [-0.15, -0.1) is 0 Å². The van der Waals surface area contributed by atoms with Gasteiger partial charge in [-0.25, -0.2) is 0 Å².